The second-order valence-corrected chi connectivity index (χ2v) is 6.92. The van der Waals surface area contributed by atoms with E-state index in [1.165, 1.54) is 11.3 Å². The van der Waals surface area contributed by atoms with Gasteiger partial charge in [0.2, 0.25) is 0 Å². The lowest BCUT2D eigenvalue weighted by Gasteiger charge is -2.35. The van der Waals surface area contributed by atoms with Crippen LogP contribution in [0, 0.1) is 0 Å². The van der Waals surface area contributed by atoms with Gasteiger partial charge in [-0.25, -0.2) is 9.59 Å². The van der Waals surface area contributed by atoms with Crippen LogP contribution in [0.15, 0.2) is 58.4 Å². The van der Waals surface area contributed by atoms with E-state index in [1.807, 2.05) is 47.2 Å². The average Bonchev–Trinajstić information content (AvgIpc) is 3.20. The van der Waals surface area contributed by atoms with Crippen LogP contribution in [0.3, 0.4) is 0 Å². The van der Waals surface area contributed by atoms with Crippen LogP contribution in [0.5, 0.6) is 0 Å². The topological polar surface area (TPSA) is 67.9 Å². The number of amides is 2. The van der Waals surface area contributed by atoms with E-state index in [4.69, 9.17) is 9.47 Å². The Kier molecular flexibility index (Phi) is 6.26. The van der Waals surface area contributed by atoms with Gasteiger partial charge in [0.15, 0.2) is 0 Å². The minimum atomic E-state index is -0.522. The molecule has 1 aliphatic rings. The summed E-state index contributed by atoms with van der Waals surface area (Å²) in [5.74, 6) is -0.446. The molecule has 142 valence electrons. The summed E-state index contributed by atoms with van der Waals surface area (Å²) in [5, 5.41) is 6.79. The maximum Gasteiger partial charge on any atom is 0.338 e. The third-order valence-electron chi connectivity index (χ3n) is 4.40. The van der Waals surface area contributed by atoms with E-state index in [1.54, 1.807) is 18.9 Å². The van der Waals surface area contributed by atoms with E-state index in [2.05, 4.69) is 5.32 Å². The van der Waals surface area contributed by atoms with Crippen molar-refractivity contribution in [2.24, 2.45) is 0 Å². The number of methoxy groups -OCH3 is 1. The van der Waals surface area contributed by atoms with E-state index in [0.29, 0.717) is 24.4 Å². The van der Waals surface area contributed by atoms with Crippen molar-refractivity contribution in [3.8, 4) is 0 Å². The van der Waals surface area contributed by atoms with E-state index in [-0.39, 0.29) is 12.6 Å². The number of nitrogens with one attached hydrogen (secondary N) is 1. The number of nitrogens with zero attached hydrogens (tertiary/aromatic N) is 1. The molecule has 1 aromatic carbocycles. The van der Waals surface area contributed by atoms with Crippen LogP contribution in [-0.2, 0) is 20.8 Å². The largest absolute Gasteiger partial charge is 0.460 e. The molecule has 0 radical (unpaired) electrons. The molecule has 1 aromatic heterocycles. The SMILES string of the molecule is COCCOC(=O)C1=C(C)N(Cc2ccccc2)C(=O)NC1c1ccsc1. The van der Waals surface area contributed by atoms with Gasteiger partial charge in [0.05, 0.1) is 24.8 Å². The molecule has 1 aliphatic heterocycles. The zero-order chi connectivity index (χ0) is 19.2. The van der Waals surface area contributed by atoms with Crippen molar-refractivity contribution in [1.82, 2.24) is 10.2 Å². The second kappa shape index (κ2) is 8.83. The lowest BCUT2D eigenvalue weighted by atomic mass is 9.96. The Hall–Kier alpha value is -2.64. The van der Waals surface area contributed by atoms with Crippen LogP contribution in [0.1, 0.15) is 24.1 Å². The Bertz CT molecular complexity index is 818. The molecule has 0 fully saturated rings. The predicted molar refractivity (Wildman–Crippen MR) is 103 cm³/mol. The monoisotopic (exact) mass is 386 g/mol. The summed E-state index contributed by atoms with van der Waals surface area (Å²) in [6.45, 7) is 2.65. The molecule has 6 nitrogen and oxygen atoms in total. The highest BCUT2D eigenvalue weighted by Crippen LogP contribution is 2.33. The first-order valence-corrected chi connectivity index (χ1v) is 9.57. The van der Waals surface area contributed by atoms with Gasteiger partial charge >= 0.3 is 12.0 Å². The molecule has 0 saturated heterocycles. The van der Waals surface area contributed by atoms with Crippen LogP contribution < -0.4 is 5.32 Å². The smallest absolute Gasteiger partial charge is 0.338 e. The molecule has 0 spiro atoms. The number of carbonyl (C=O) groups is 2. The molecule has 1 atom stereocenters. The van der Waals surface area contributed by atoms with Gasteiger partial charge in [-0.1, -0.05) is 30.3 Å². The van der Waals surface area contributed by atoms with Gasteiger partial charge in [0, 0.05) is 12.8 Å². The van der Waals surface area contributed by atoms with Crippen molar-refractivity contribution in [2.45, 2.75) is 19.5 Å². The van der Waals surface area contributed by atoms with Crippen molar-refractivity contribution in [3.63, 3.8) is 0 Å². The summed E-state index contributed by atoms with van der Waals surface area (Å²) in [6.07, 6.45) is 0. The number of hydrogen-bond acceptors (Lipinski definition) is 5. The van der Waals surface area contributed by atoms with Crippen LogP contribution in [0.2, 0.25) is 0 Å². The quantitative estimate of drug-likeness (QED) is 0.584. The fourth-order valence-corrected chi connectivity index (χ4v) is 3.67. The zero-order valence-corrected chi connectivity index (χ0v) is 16.1. The number of allylic oxidation sites excluding steroid dienone is 1. The van der Waals surface area contributed by atoms with E-state index >= 15 is 0 Å². The number of carbonyl (C=O) groups excluding carboxylic acids is 2. The van der Waals surface area contributed by atoms with Crippen LogP contribution >= 0.6 is 11.3 Å². The molecule has 27 heavy (non-hydrogen) atoms. The average molecular weight is 386 g/mol. The molecule has 0 bridgehead atoms. The minimum Gasteiger partial charge on any atom is -0.460 e. The predicted octanol–water partition coefficient (Wildman–Crippen LogP) is 3.48. The van der Waals surface area contributed by atoms with Gasteiger partial charge in [-0.2, -0.15) is 11.3 Å². The molecule has 2 aromatic rings. The maximum atomic E-state index is 12.8. The van der Waals surface area contributed by atoms with Gasteiger partial charge in [-0.05, 0) is 34.9 Å². The van der Waals surface area contributed by atoms with Gasteiger partial charge in [0.1, 0.15) is 6.61 Å². The summed E-state index contributed by atoms with van der Waals surface area (Å²) >= 11 is 1.51. The fraction of sp³-hybridized carbons (Fsp3) is 0.300. The van der Waals surface area contributed by atoms with Crippen LogP contribution in [0.25, 0.3) is 0 Å². The number of benzene rings is 1. The van der Waals surface area contributed by atoms with E-state index < -0.39 is 12.0 Å². The molecular formula is C20H22N2O4S. The van der Waals surface area contributed by atoms with Gasteiger partial charge in [-0.15, -0.1) is 0 Å². The summed E-state index contributed by atoms with van der Waals surface area (Å²) < 4.78 is 10.3. The Morgan fingerprint density at radius 1 is 1.22 bits per heavy atom. The van der Waals surface area contributed by atoms with Crippen molar-refractivity contribution in [2.75, 3.05) is 20.3 Å². The maximum absolute atomic E-state index is 12.8. The van der Waals surface area contributed by atoms with E-state index in [9.17, 15) is 9.59 Å². The van der Waals surface area contributed by atoms with Crippen molar-refractivity contribution in [1.29, 1.82) is 0 Å². The highest BCUT2D eigenvalue weighted by Gasteiger charge is 2.36. The highest BCUT2D eigenvalue weighted by molar-refractivity contribution is 7.08. The number of esters is 1. The Labute approximate surface area is 162 Å². The lowest BCUT2D eigenvalue weighted by molar-refractivity contribution is -0.140. The number of rotatable bonds is 7. The first kappa shape index (κ1) is 19.1. The van der Waals surface area contributed by atoms with Gasteiger partial charge in [0.25, 0.3) is 0 Å². The molecule has 3 rings (SSSR count). The first-order valence-electron chi connectivity index (χ1n) is 8.62. The summed E-state index contributed by atoms with van der Waals surface area (Å²) in [4.78, 5) is 27.1. The minimum absolute atomic E-state index is 0.162. The van der Waals surface area contributed by atoms with Crippen LogP contribution in [-0.4, -0.2) is 37.2 Å². The summed E-state index contributed by atoms with van der Waals surface area (Å²) in [7, 11) is 1.55. The first-order chi connectivity index (χ1) is 13.1. The summed E-state index contributed by atoms with van der Waals surface area (Å²) in [6, 6.07) is 10.8. The molecule has 0 saturated carbocycles. The lowest BCUT2D eigenvalue weighted by Crippen LogP contribution is -2.47. The van der Waals surface area contributed by atoms with Crippen molar-refractivity contribution in [3.05, 3.63) is 69.6 Å². The van der Waals surface area contributed by atoms with Crippen molar-refractivity contribution >= 4 is 23.3 Å². The summed E-state index contributed by atoms with van der Waals surface area (Å²) in [5.41, 5.74) is 2.89. The number of thiophene rings is 1. The Morgan fingerprint density at radius 3 is 2.67 bits per heavy atom. The molecule has 2 heterocycles. The molecule has 1 N–H and O–H groups in total. The Morgan fingerprint density at radius 2 is 2.00 bits per heavy atom. The van der Waals surface area contributed by atoms with Gasteiger partial charge in [-0.3, -0.25) is 4.90 Å². The molecule has 0 aliphatic carbocycles. The number of hydrogen-bond donors (Lipinski definition) is 1. The number of ether oxygens (including phenoxy) is 2. The second-order valence-electron chi connectivity index (χ2n) is 6.14. The molecular weight excluding hydrogens is 364 g/mol. The fourth-order valence-electron chi connectivity index (χ4n) is 2.99. The standard InChI is InChI=1S/C20H22N2O4S/c1-14-17(19(23)26-10-9-25-2)18(16-8-11-27-13-16)21-20(24)22(14)12-15-6-4-3-5-7-15/h3-8,11,13,18H,9-10,12H2,1-2H3,(H,21,24). The van der Waals surface area contributed by atoms with Crippen molar-refractivity contribution < 1.29 is 19.1 Å². The van der Waals surface area contributed by atoms with E-state index in [0.717, 1.165) is 11.1 Å². The molecule has 2 amide bonds. The van der Waals surface area contributed by atoms with Crippen LogP contribution in [0.4, 0.5) is 4.79 Å². The number of urea groups is 1. The third-order valence-corrected chi connectivity index (χ3v) is 5.10. The molecule has 7 heteroatoms. The van der Waals surface area contributed by atoms with Gasteiger partial charge < -0.3 is 14.8 Å². The molecule has 1 unspecified atom stereocenters. The Balaban J connectivity index is 1.93. The highest BCUT2D eigenvalue weighted by atomic mass is 32.1. The zero-order valence-electron chi connectivity index (χ0n) is 15.3. The normalized spacial score (nSPS) is 17.0. The third kappa shape index (κ3) is 4.37.